The van der Waals surface area contributed by atoms with Crippen molar-refractivity contribution in [3.8, 4) is 11.8 Å². The van der Waals surface area contributed by atoms with Gasteiger partial charge in [-0.05, 0) is 54.0 Å². The molecule has 0 heterocycles. The number of hydrogen-bond donors (Lipinski definition) is 1. The van der Waals surface area contributed by atoms with Gasteiger partial charge in [-0.3, -0.25) is 14.9 Å². The molecule has 0 bridgehead atoms. The predicted molar refractivity (Wildman–Crippen MR) is 132 cm³/mol. The van der Waals surface area contributed by atoms with E-state index < -0.39 is 10.8 Å². The zero-order valence-electron chi connectivity index (χ0n) is 17.6. The number of hydrogen-bond acceptors (Lipinski definition) is 5. The number of benzene rings is 3. The first kappa shape index (κ1) is 25.1. The molecule has 0 saturated carbocycles. The molecular weight excluding hydrogens is 501 g/mol. The third kappa shape index (κ3) is 6.27. The standard InChI is InChI=1S/C24H16Cl3N3O4/c1-14-5-6-18(25)11-22(14)29-24(31)17(12-28)7-16-9-20(26)23(21(27)10-16)34-13-15-3-2-4-19(8-15)30(32)33/h2-11H,13H2,1H3,(H,29,31)/b17-7+. The zero-order chi connectivity index (χ0) is 24.8. The maximum Gasteiger partial charge on any atom is 0.269 e. The number of non-ortho nitro benzene ring substituents is 1. The van der Waals surface area contributed by atoms with Crippen molar-refractivity contribution in [1.82, 2.24) is 0 Å². The molecule has 3 aromatic rings. The number of nitrogens with one attached hydrogen (secondary N) is 1. The number of nitro benzene ring substituents is 1. The number of carbonyl (C=O) groups is 1. The number of nitriles is 1. The van der Waals surface area contributed by atoms with Crippen LogP contribution < -0.4 is 10.1 Å². The van der Waals surface area contributed by atoms with E-state index in [1.165, 1.54) is 30.3 Å². The molecule has 0 aliphatic rings. The van der Waals surface area contributed by atoms with Crippen molar-refractivity contribution in [2.45, 2.75) is 13.5 Å². The summed E-state index contributed by atoms with van der Waals surface area (Å²) in [5.41, 5.74) is 2.01. The third-order valence-electron chi connectivity index (χ3n) is 4.65. The van der Waals surface area contributed by atoms with Crippen molar-refractivity contribution >= 4 is 58.2 Å². The molecular formula is C24H16Cl3N3O4. The summed E-state index contributed by atoms with van der Waals surface area (Å²) in [5, 5.41) is 23.8. The number of rotatable bonds is 7. The average molecular weight is 517 g/mol. The first-order valence-corrected chi connectivity index (χ1v) is 10.9. The van der Waals surface area contributed by atoms with Crippen LogP contribution in [-0.2, 0) is 11.4 Å². The number of ether oxygens (including phenoxy) is 1. The van der Waals surface area contributed by atoms with E-state index in [0.717, 1.165) is 5.56 Å². The molecule has 3 aromatic carbocycles. The molecule has 172 valence electrons. The van der Waals surface area contributed by atoms with Crippen LogP contribution in [-0.4, -0.2) is 10.8 Å². The highest BCUT2D eigenvalue weighted by Gasteiger charge is 2.15. The predicted octanol–water partition coefficient (Wildman–Crippen LogP) is 6.99. The molecule has 3 rings (SSSR count). The lowest BCUT2D eigenvalue weighted by molar-refractivity contribution is -0.384. The Bertz CT molecular complexity index is 1330. The van der Waals surface area contributed by atoms with Crippen molar-refractivity contribution in [3.63, 3.8) is 0 Å². The number of nitro groups is 1. The van der Waals surface area contributed by atoms with E-state index in [-0.39, 0.29) is 33.7 Å². The molecule has 0 radical (unpaired) electrons. The number of nitrogens with zero attached hydrogens (tertiary/aromatic N) is 2. The number of halogens is 3. The van der Waals surface area contributed by atoms with Crippen molar-refractivity contribution in [2.24, 2.45) is 0 Å². The Morgan fingerprint density at radius 2 is 1.85 bits per heavy atom. The Morgan fingerprint density at radius 1 is 1.15 bits per heavy atom. The summed E-state index contributed by atoms with van der Waals surface area (Å²) in [5.74, 6) is -0.449. The highest BCUT2D eigenvalue weighted by Crippen LogP contribution is 2.35. The van der Waals surface area contributed by atoms with Crippen LogP contribution >= 0.6 is 34.8 Å². The van der Waals surface area contributed by atoms with Crippen LogP contribution in [0.25, 0.3) is 6.08 Å². The second-order valence-corrected chi connectivity index (χ2v) is 8.36. The first-order chi connectivity index (χ1) is 16.2. The summed E-state index contributed by atoms with van der Waals surface area (Å²) < 4.78 is 5.66. The van der Waals surface area contributed by atoms with Gasteiger partial charge in [-0.1, -0.05) is 53.0 Å². The molecule has 7 nitrogen and oxygen atoms in total. The maximum atomic E-state index is 12.6. The molecule has 0 spiro atoms. The van der Waals surface area contributed by atoms with Gasteiger partial charge in [0.1, 0.15) is 18.2 Å². The minimum atomic E-state index is -0.619. The van der Waals surface area contributed by atoms with Gasteiger partial charge in [0.05, 0.1) is 15.0 Å². The first-order valence-electron chi connectivity index (χ1n) is 9.72. The van der Waals surface area contributed by atoms with E-state index in [9.17, 15) is 20.2 Å². The largest absolute Gasteiger partial charge is 0.486 e. The number of anilines is 1. The molecule has 0 aliphatic carbocycles. The lowest BCUT2D eigenvalue weighted by Gasteiger charge is -2.11. The number of aryl methyl sites for hydroxylation is 1. The van der Waals surface area contributed by atoms with Crippen LogP contribution in [0.4, 0.5) is 11.4 Å². The van der Waals surface area contributed by atoms with E-state index in [2.05, 4.69) is 5.32 Å². The lowest BCUT2D eigenvalue weighted by Crippen LogP contribution is -2.14. The molecule has 0 unspecified atom stereocenters. The zero-order valence-corrected chi connectivity index (χ0v) is 19.9. The summed E-state index contributed by atoms with van der Waals surface area (Å²) >= 11 is 18.6. The van der Waals surface area contributed by atoms with Gasteiger partial charge in [-0.15, -0.1) is 0 Å². The van der Waals surface area contributed by atoms with Gasteiger partial charge in [0, 0.05) is 22.8 Å². The van der Waals surface area contributed by atoms with Gasteiger partial charge in [0.25, 0.3) is 11.6 Å². The lowest BCUT2D eigenvalue weighted by atomic mass is 10.1. The normalized spacial score (nSPS) is 11.0. The molecule has 10 heteroatoms. The fourth-order valence-electron chi connectivity index (χ4n) is 2.95. The Labute approximate surface area is 210 Å². The maximum absolute atomic E-state index is 12.6. The Hall–Kier alpha value is -3.57. The smallest absolute Gasteiger partial charge is 0.269 e. The molecule has 0 fully saturated rings. The fraction of sp³-hybridized carbons (Fsp3) is 0.0833. The van der Waals surface area contributed by atoms with E-state index >= 15 is 0 Å². The van der Waals surface area contributed by atoms with Gasteiger partial charge in [0.2, 0.25) is 0 Å². The average Bonchev–Trinajstić information content (AvgIpc) is 2.79. The highest BCUT2D eigenvalue weighted by atomic mass is 35.5. The van der Waals surface area contributed by atoms with Gasteiger partial charge in [-0.2, -0.15) is 5.26 Å². The molecule has 0 aromatic heterocycles. The monoisotopic (exact) mass is 515 g/mol. The van der Waals surface area contributed by atoms with Crippen LogP contribution in [0.5, 0.6) is 5.75 Å². The van der Waals surface area contributed by atoms with Crippen LogP contribution in [0.1, 0.15) is 16.7 Å². The molecule has 1 N–H and O–H groups in total. The summed E-state index contributed by atoms with van der Waals surface area (Å²) in [6, 6.07) is 15.9. The Kier molecular flexibility index (Phi) is 8.13. The van der Waals surface area contributed by atoms with Gasteiger partial charge >= 0.3 is 0 Å². The minimum Gasteiger partial charge on any atom is -0.486 e. The van der Waals surface area contributed by atoms with E-state index in [1.54, 1.807) is 37.3 Å². The van der Waals surface area contributed by atoms with Crippen molar-refractivity contribution < 1.29 is 14.5 Å². The summed E-state index contributed by atoms with van der Waals surface area (Å²) in [6.07, 6.45) is 1.34. The summed E-state index contributed by atoms with van der Waals surface area (Å²) in [7, 11) is 0. The Balaban J connectivity index is 1.79. The number of carbonyl (C=O) groups excluding carboxylic acids is 1. The summed E-state index contributed by atoms with van der Waals surface area (Å²) in [4.78, 5) is 23.0. The second kappa shape index (κ2) is 11.0. The van der Waals surface area contributed by atoms with Crippen LogP contribution in [0.15, 0.2) is 60.2 Å². The Morgan fingerprint density at radius 3 is 2.50 bits per heavy atom. The SMILES string of the molecule is Cc1ccc(Cl)cc1NC(=O)/C(C#N)=C/c1cc(Cl)c(OCc2cccc([N+](=O)[O-])c2)c(Cl)c1. The number of amides is 1. The van der Waals surface area contributed by atoms with E-state index in [0.29, 0.717) is 21.8 Å². The van der Waals surface area contributed by atoms with Crippen molar-refractivity contribution in [3.05, 3.63) is 102 Å². The molecule has 0 atom stereocenters. The highest BCUT2D eigenvalue weighted by molar-refractivity contribution is 6.37. The molecule has 0 aliphatic heterocycles. The van der Waals surface area contributed by atoms with Crippen LogP contribution in [0, 0.1) is 28.4 Å². The van der Waals surface area contributed by atoms with Crippen LogP contribution in [0.3, 0.4) is 0 Å². The van der Waals surface area contributed by atoms with Gasteiger partial charge in [0.15, 0.2) is 5.75 Å². The van der Waals surface area contributed by atoms with Gasteiger partial charge in [-0.25, -0.2) is 0 Å². The quantitative estimate of drug-likeness (QED) is 0.158. The summed E-state index contributed by atoms with van der Waals surface area (Å²) in [6.45, 7) is 1.80. The van der Waals surface area contributed by atoms with Crippen molar-refractivity contribution in [1.29, 1.82) is 5.26 Å². The van der Waals surface area contributed by atoms with E-state index in [4.69, 9.17) is 39.5 Å². The molecule has 0 saturated heterocycles. The van der Waals surface area contributed by atoms with Gasteiger partial charge < -0.3 is 10.1 Å². The van der Waals surface area contributed by atoms with Crippen molar-refractivity contribution in [2.75, 3.05) is 5.32 Å². The topological polar surface area (TPSA) is 105 Å². The second-order valence-electron chi connectivity index (χ2n) is 7.11. The molecule has 1 amide bonds. The molecule has 34 heavy (non-hydrogen) atoms. The van der Waals surface area contributed by atoms with Crippen LogP contribution in [0.2, 0.25) is 15.1 Å². The minimum absolute atomic E-state index is 0.00113. The van der Waals surface area contributed by atoms with E-state index in [1.807, 2.05) is 6.07 Å². The third-order valence-corrected chi connectivity index (χ3v) is 5.45. The fourth-order valence-corrected chi connectivity index (χ4v) is 3.73.